The number of aromatic nitrogens is 5. The Bertz CT molecular complexity index is 609. The summed E-state index contributed by atoms with van der Waals surface area (Å²) in [6.07, 6.45) is 1.07. The predicted octanol–water partition coefficient (Wildman–Crippen LogP) is 0.713. The second-order valence-corrected chi connectivity index (χ2v) is 4.21. The fourth-order valence-corrected chi connectivity index (χ4v) is 2.16. The second-order valence-electron chi connectivity index (χ2n) is 3.25. The lowest BCUT2D eigenvalue weighted by Crippen LogP contribution is -2.16. The van der Waals surface area contributed by atoms with Gasteiger partial charge in [0.05, 0.1) is 6.20 Å². The minimum Gasteiger partial charge on any atom is -0.357 e. The Morgan fingerprint density at radius 1 is 1.61 bits per heavy atom. The zero-order chi connectivity index (χ0) is 13.1. The molecule has 0 spiro atoms. The molecular formula is C9H11FN6OS. The maximum atomic E-state index is 13.5. The summed E-state index contributed by atoms with van der Waals surface area (Å²) in [4.78, 5) is 19.1. The molecule has 0 aliphatic rings. The molecule has 2 aromatic heterocycles. The first-order valence-electron chi connectivity index (χ1n) is 5.19. The lowest BCUT2D eigenvalue weighted by molar-refractivity contribution is 0.578. The van der Waals surface area contributed by atoms with Crippen LogP contribution < -0.4 is 11.0 Å². The Kier molecular flexibility index (Phi) is 3.60. The molecule has 0 saturated carbocycles. The summed E-state index contributed by atoms with van der Waals surface area (Å²) in [5.74, 6) is -0.253. The third-order valence-electron chi connectivity index (χ3n) is 2.16. The lowest BCUT2D eigenvalue weighted by atomic mass is 10.6. The third-order valence-corrected chi connectivity index (χ3v) is 3.14. The van der Waals surface area contributed by atoms with Crippen LogP contribution in [-0.2, 0) is 6.54 Å². The number of nitrogens with zero attached hydrogens (tertiary/aromatic N) is 4. The number of halogens is 1. The number of nitrogens with one attached hydrogen (secondary N) is 2. The molecule has 2 heterocycles. The van der Waals surface area contributed by atoms with Crippen LogP contribution in [0.2, 0.25) is 0 Å². The van der Waals surface area contributed by atoms with E-state index >= 15 is 0 Å². The van der Waals surface area contributed by atoms with E-state index in [-0.39, 0.29) is 10.7 Å². The Hall–Kier alpha value is -1.90. The number of rotatable bonds is 4. The molecule has 0 aromatic carbocycles. The monoisotopic (exact) mass is 270 g/mol. The SMILES string of the molecule is CCn1c(Sc2nc(NC)ncc2F)n[nH]c1=O. The topological polar surface area (TPSA) is 88.5 Å². The van der Waals surface area contributed by atoms with Gasteiger partial charge in [-0.2, -0.15) is 0 Å². The minimum atomic E-state index is -0.558. The summed E-state index contributed by atoms with van der Waals surface area (Å²) in [6, 6.07) is 0. The van der Waals surface area contributed by atoms with E-state index in [4.69, 9.17) is 0 Å². The van der Waals surface area contributed by atoms with E-state index in [0.717, 1.165) is 18.0 Å². The van der Waals surface area contributed by atoms with Gasteiger partial charge in [0, 0.05) is 13.6 Å². The molecule has 96 valence electrons. The van der Waals surface area contributed by atoms with Crippen molar-refractivity contribution in [3.63, 3.8) is 0 Å². The number of hydrogen-bond acceptors (Lipinski definition) is 6. The van der Waals surface area contributed by atoms with Gasteiger partial charge < -0.3 is 5.32 Å². The number of H-pyrrole nitrogens is 1. The predicted molar refractivity (Wildman–Crippen MR) is 64.2 cm³/mol. The van der Waals surface area contributed by atoms with E-state index in [1.807, 2.05) is 0 Å². The molecule has 9 heteroatoms. The van der Waals surface area contributed by atoms with Crippen LogP contribution in [0.25, 0.3) is 0 Å². The fourth-order valence-electron chi connectivity index (χ4n) is 1.29. The molecule has 0 amide bonds. The van der Waals surface area contributed by atoms with Gasteiger partial charge in [0.25, 0.3) is 0 Å². The van der Waals surface area contributed by atoms with Crippen LogP contribution in [0.4, 0.5) is 10.3 Å². The Morgan fingerprint density at radius 3 is 3.06 bits per heavy atom. The highest BCUT2D eigenvalue weighted by atomic mass is 32.2. The van der Waals surface area contributed by atoms with Gasteiger partial charge >= 0.3 is 5.69 Å². The maximum absolute atomic E-state index is 13.5. The molecule has 0 aliphatic heterocycles. The summed E-state index contributed by atoms with van der Waals surface area (Å²) in [5.41, 5.74) is -0.330. The normalized spacial score (nSPS) is 10.6. The van der Waals surface area contributed by atoms with Gasteiger partial charge in [0.15, 0.2) is 11.0 Å². The van der Waals surface area contributed by atoms with Crippen LogP contribution in [0.1, 0.15) is 6.92 Å². The Balaban J connectivity index is 2.36. The van der Waals surface area contributed by atoms with E-state index in [9.17, 15) is 9.18 Å². The van der Waals surface area contributed by atoms with Crippen molar-refractivity contribution in [1.82, 2.24) is 24.7 Å². The molecule has 2 rings (SSSR count). The van der Waals surface area contributed by atoms with Gasteiger partial charge in [-0.3, -0.25) is 4.57 Å². The van der Waals surface area contributed by atoms with Crippen LogP contribution in [0.3, 0.4) is 0 Å². The molecule has 0 fully saturated rings. The summed E-state index contributed by atoms with van der Waals surface area (Å²) < 4.78 is 14.9. The quantitative estimate of drug-likeness (QED) is 0.796. The second kappa shape index (κ2) is 5.17. The zero-order valence-corrected chi connectivity index (χ0v) is 10.6. The summed E-state index contributed by atoms with van der Waals surface area (Å²) in [7, 11) is 1.64. The summed E-state index contributed by atoms with van der Waals surface area (Å²) in [6.45, 7) is 2.25. The van der Waals surface area contributed by atoms with E-state index in [1.54, 1.807) is 14.0 Å². The highest BCUT2D eigenvalue weighted by Crippen LogP contribution is 2.25. The highest BCUT2D eigenvalue weighted by Gasteiger charge is 2.13. The van der Waals surface area contributed by atoms with Gasteiger partial charge in [-0.1, -0.05) is 0 Å². The molecular weight excluding hydrogens is 259 g/mol. The molecule has 2 N–H and O–H groups in total. The number of aromatic amines is 1. The van der Waals surface area contributed by atoms with Gasteiger partial charge in [0.2, 0.25) is 5.95 Å². The zero-order valence-electron chi connectivity index (χ0n) is 9.77. The van der Waals surface area contributed by atoms with Gasteiger partial charge in [-0.15, -0.1) is 5.10 Å². The van der Waals surface area contributed by atoms with Crippen LogP contribution in [-0.4, -0.2) is 31.8 Å². The van der Waals surface area contributed by atoms with Gasteiger partial charge in [0.1, 0.15) is 5.03 Å². The molecule has 7 nitrogen and oxygen atoms in total. The molecule has 0 atom stereocenters. The fraction of sp³-hybridized carbons (Fsp3) is 0.333. The van der Waals surface area contributed by atoms with Crippen molar-refractivity contribution in [2.45, 2.75) is 23.7 Å². The molecule has 0 radical (unpaired) electrons. The van der Waals surface area contributed by atoms with Gasteiger partial charge in [-0.25, -0.2) is 24.3 Å². The van der Waals surface area contributed by atoms with Crippen molar-refractivity contribution in [3.05, 3.63) is 22.5 Å². The Labute approximate surface area is 106 Å². The van der Waals surface area contributed by atoms with E-state index < -0.39 is 5.82 Å². The number of hydrogen-bond donors (Lipinski definition) is 2. The minimum absolute atomic E-state index is 0.114. The van der Waals surface area contributed by atoms with Crippen LogP contribution in [0.15, 0.2) is 21.2 Å². The first kappa shape index (κ1) is 12.6. The van der Waals surface area contributed by atoms with Gasteiger partial charge in [-0.05, 0) is 18.7 Å². The largest absolute Gasteiger partial charge is 0.357 e. The first-order valence-corrected chi connectivity index (χ1v) is 6.00. The number of anilines is 1. The average Bonchev–Trinajstić information content (AvgIpc) is 2.72. The van der Waals surface area contributed by atoms with Crippen molar-refractivity contribution in [1.29, 1.82) is 0 Å². The Morgan fingerprint density at radius 2 is 2.39 bits per heavy atom. The van der Waals surface area contributed by atoms with E-state index in [0.29, 0.717) is 17.6 Å². The van der Waals surface area contributed by atoms with Crippen LogP contribution >= 0.6 is 11.8 Å². The molecule has 0 saturated heterocycles. The first-order chi connectivity index (χ1) is 8.65. The molecule has 0 aliphatic carbocycles. The van der Waals surface area contributed by atoms with Crippen molar-refractivity contribution in [3.8, 4) is 0 Å². The summed E-state index contributed by atoms with van der Waals surface area (Å²) >= 11 is 0.970. The molecule has 2 aromatic rings. The molecule has 0 unspecified atom stereocenters. The van der Waals surface area contributed by atoms with Crippen LogP contribution in [0, 0.1) is 5.82 Å². The van der Waals surface area contributed by atoms with Crippen molar-refractivity contribution >= 4 is 17.7 Å². The average molecular weight is 270 g/mol. The van der Waals surface area contributed by atoms with Crippen molar-refractivity contribution in [2.24, 2.45) is 0 Å². The van der Waals surface area contributed by atoms with E-state index in [1.165, 1.54) is 4.57 Å². The van der Waals surface area contributed by atoms with Crippen LogP contribution in [0.5, 0.6) is 0 Å². The molecule has 0 bridgehead atoms. The highest BCUT2D eigenvalue weighted by molar-refractivity contribution is 7.99. The molecule has 18 heavy (non-hydrogen) atoms. The van der Waals surface area contributed by atoms with Crippen molar-refractivity contribution in [2.75, 3.05) is 12.4 Å². The standard InChI is InChI=1S/C9H11FN6OS/c1-3-16-8(17)14-15-9(16)18-6-5(10)4-12-7(11-2)13-6/h4H,3H2,1-2H3,(H,14,17)(H,11,12,13). The lowest BCUT2D eigenvalue weighted by Gasteiger charge is -2.04. The smallest absolute Gasteiger partial charge is 0.343 e. The summed E-state index contributed by atoms with van der Waals surface area (Å²) in [5, 5.41) is 9.32. The third kappa shape index (κ3) is 2.35. The van der Waals surface area contributed by atoms with E-state index in [2.05, 4.69) is 25.5 Å². The van der Waals surface area contributed by atoms with Crippen molar-refractivity contribution < 1.29 is 4.39 Å². The maximum Gasteiger partial charge on any atom is 0.343 e.